The maximum Gasteiger partial charge on any atom is 0.311 e. The van der Waals surface area contributed by atoms with Crippen molar-refractivity contribution in [3.63, 3.8) is 0 Å². The van der Waals surface area contributed by atoms with Gasteiger partial charge in [-0.05, 0) is 35.2 Å². The molecule has 0 bridgehead atoms. The third-order valence-electron chi connectivity index (χ3n) is 4.32. The molecular weight excluding hydrogens is 290 g/mol. The number of carbonyl (C=O) groups excluding carboxylic acids is 1. The van der Waals surface area contributed by atoms with Gasteiger partial charge in [-0.3, -0.25) is 9.59 Å². The molecule has 1 N–H and O–H groups in total. The van der Waals surface area contributed by atoms with E-state index < -0.39 is 11.9 Å². The van der Waals surface area contributed by atoms with Gasteiger partial charge in [-0.1, -0.05) is 44.2 Å². The van der Waals surface area contributed by atoms with Crippen molar-refractivity contribution < 1.29 is 14.7 Å². The molecule has 23 heavy (non-hydrogen) atoms. The highest BCUT2D eigenvalue weighted by atomic mass is 16.4. The summed E-state index contributed by atoms with van der Waals surface area (Å²) in [5.74, 6) is -1.35. The van der Waals surface area contributed by atoms with Crippen LogP contribution >= 0.6 is 0 Å². The first-order valence-corrected chi connectivity index (χ1v) is 7.71. The highest BCUT2D eigenvalue weighted by Crippen LogP contribution is 2.31. The fourth-order valence-electron chi connectivity index (χ4n) is 3.14. The summed E-state index contributed by atoms with van der Waals surface area (Å²) in [4.78, 5) is 25.6. The molecular formula is C19H19NO3. The molecule has 1 aliphatic rings. The minimum atomic E-state index is -0.822. The Bertz CT molecular complexity index is 749. The summed E-state index contributed by atoms with van der Waals surface area (Å²) < 4.78 is 0. The second-order valence-corrected chi connectivity index (χ2v) is 6.20. The third-order valence-corrected chi connectivity index (χ3v) is 4.32. The average molecular weight is 309 g/mol. The Labute approximate surface area is 135 Å². The summed E-state index contributed by atoms with van der Waals surface area (Å²) in [6.07, 6.45) is 0. The molecule has 2 aromatic carbocycles. The Morgan fingerprint density at radius 2 is 1.74 bits per heavy atom. The highest BCUT2D eigenvalue weighted by Gasteiger charge is 2.28. The van der Waals surface area contributed by atoms with Crippen LogP contribution in [0, 0.1) is 5.92 Å². The number of carbonyl (C=O) groups is 2. The zero-order valence-electron chi connectivity index (χ0n) is 13.2. The lowest BCUT2D eigenvalue weighted by Crippen LogP contribution is -2.23. The van der Waals surface area contributed by atoms with Gasteiger partial charge in [0.25, 0.3) is 5.91 Å². The number of anilines is 1. The molecule has 0 saturated carbocycles. The molecule has 4 heteroatoms. The van der Waals surface area contributed by atoms with Crippen LogP contribution in [-0.2, 0) is 11.3 Å². The van der Waals surface area contributed by atoms with E-state index in [2.05, 4.69) is 0 Å². The van der Waals surface area contributed by atoms with Gasteiger partial charge in [-0.2, -0.15) is 0 Å². The van der Waals surface area contributed by atoms with E-state index in [0.717, 1.165) is 22.4 Å². The number of amides is 1. The van der Waals surface area contributed by atoms with E-state index in [4.69, 9.17) is 0 Å². The van der Waals surface area contributed by atoms with E-state index in [1.165, 1.54) is 0 Å². The summed E-state index contributed by atoms with van der Waals surface area (Å²) in [7, 11) is 0. The lowest BCUT2D eigenvalue weighted by atomic mass is 9.88. The maximum atomic E-state index is 12.5. The summed E-state index contributed by atoms with van der Waals surface area (Å²) in [5.41, 5.74) is 3.32. The minimum absolute atomic E-state index is 0.00741. The molecule has 0 spiro atoms. The number of hydrogen-bond donors (Lipinski definition) is 1. The standard InChI is InChI=1S/C19H19NO3/c1-12(2)17(19(22)23)13-7-9-15(10-8-13)20-11-14-5-3-4-6-16(14)18(20)21/h3-10,12,17H,11H2,1-2H3,(H,22,23)/t17-/m0/s1. The van der Waals surface area contributed by atoms with E-state index in [9.17, 15) is 14.7 Å². The minimum Gasteiger partial charge on any atom is -0.481 e. The molecule has 0 aromatic heterocycles. The van der Waals surface area contributed by atoms with Gasteiger partial charge in [0.05, 0.1) is 12.5 Å². The molecule has 118 valence electrons. The van der Waals surface area contributed by atoms with Crippen molar-refractivity contribution in [3.8, 4) is 0 Å². The Hall–Kier alpha value is -2.62. The second-order valence-electron chi connectivity index (χ2n) is 6.20. The third kappa shape index (κ3) is 2.72. The topological polar surface area (TPSA) is 57.6 Å². The van der Waals surface area contributed by atoms with Crippen LogP contribution in [-0.4, -0.2) is 17.0 Å². The van der Waals surface area contributed by atoms with Crippen molar-refractivity contribution in [1.82, 2.24) is 0 Å². The molecule has 0 unspecified atom stereocenters. The van der Waals surface area contributed by atoms with Gasteiger partial charge in [-0.25, -0.2) is 0 Å². The number of benzene rings is 2. The van der Waals surface area contributed by atoms with Gasteiger partial charge in [-0.15, -0.1) is 0 Å². The summed E-state index contributed by atoms with van der Waals surface area (Å²) in [6.45, 7) is 4.35. The van der Waals surface area contributed by atoms with Crippen LogP contribution in [0.2, 0.25) is 0 Å². The van der Waals surface area contributed by atoms with Gasteiger partial charge in [0, 0.05) is 11.3 Å². The molecule has 2 aromatic rings. The normalized spacial score (nSPS) is 14.9. The van der Waals surface area contributed by atoms with Crippen molar-refractivity contribution in [3.05, 3.63) is 65.2 Å². The van der Waals surface area contributed by atoms with Gasteiger partial charge in [0.15, 0.2) is 0 Å². The number of hydrogen-bond acceptors (Lipinski definition) is 2. The average Bonchev–Trinajstić information content (AvgIpc) is 2.85. The van der Waals surface area contributed by atoms with E-state index in [1.54, 1.807) is 4.90 Å². The molecule has 1 amide bonds. The van der Waals surface area contributed by atoms with Crippen LogP contribution in [0.4, 0.5) is 5.69 Å². The van der Waals surface area contributed by atoms with E-state index in [-0.39, 0.29) is 11.8 Å². The Balaban J connectivity index is 1.87. The van der Waals surface area contributed by atoms with Gasteiger partial charge in [0.1, 0.15) is 0 Å². The number of carboxylic acids is 1. The molecule has 1 heterocycles. The molecule has 4 nitrogen and oxygen atoms in total. The van der Waals surface area contributed by atoms with E-state index in [0.29, 0.717) is 6.54 Å². The number of rotatable bonds is 4. The number of fused-ring (bicyclic) bond motifs is 1. The zero-order chi connectivity index (χ0) is 16.6. The lowest BCUT2D eigenvalue weighted by molar-refractivity contribution is -0.139. The van der Waals surface area contributed by atoms with E-state index >= 15 is 0 Å². The Kier molecular flexibility index (Phi) is 3.90. The van der Waals surface area contributed by atoms with Crippen LogP contribution in [0.1, 0.15) is 41.3 Å². The molecule has 0 fully saturated rings. The molecule has 1 atom stereocenters. The van der Waals surface area contributed by atoms with Crippen LogP contribution < -0.4 is 4.90 Å². The molecule has 0 aliphatic carbocycles. The molecule has 3 rings (SSSR count). The number of carboxylic acid groups (broad SMARTS) is 1. The smallest absolute Gasteiger partial charge is 0.311 e. The monoisotopic (exact) mass is 309 g/mol. The predicted molar refractivity (Wildman–Crippen MR) is 88.6 cm³/mol. The quantitative estimate of drug-likeness (QED) is 0.937. The van der Waals surface area contributed by atoms with Crippen molar-refractivity contribution in [2.75, 3.05) is 4.90 Å². The summed E-state index contributed by atoms with van der Waals surface area (Å²) >= 11 is 0. The first-order chi connectivity index (χ1) is 11.0. The van der Waals surface area contributed by atoms with Crippen molar-refractivity contribution in [1.29, 1.82) is 0 Å². The summed E-state index contributed by atoms with van der Waals surface area (Å²) in [5, 5.41) is 9.37. The van der Waals surface area contributed by atoms with Crippen LogP contribution in [0.25, 0.3) is 0 Å². The molecule has 1 aliphatic heterocycles. The second kappa shape index (κ2) is 5.88. The predicted octanol–water partition coefficient (Wildman–Crippen LogP) is 3.67. The van der Waals surface area contributed by atoms with E-state index in [1.807, 2.05) is 62.4 Å². The van der Waals surface area contributed by atoms with Crippen molar-refractivity contribution >= 4 is 17.6 Å². The van der Waals surface area contributed by atoms with Crippen molar-refractivity contribution in [2.24, 2.45) is 5.92 Å². The highest BCUT2D eigenvalue weighted by molar-refractivity contribution is 6.09. The summed E-state index contributed by atoms with van der Waals surface area (Å²) in [6, 6.07) is 14.9. The molecule has 0 saturated heterocycles. The van der Waals surface area contributed by atoms with Crippen LogP contribution in [0.15, 0.2) is 48.5 Å². The first kappa shape index (κ1) is 15.3. The number of aliphatic carboxylic acids is 1. The largest absolute Gasteiger partial charge is 0.481 e. The van der Waals surface area contributed by atoms with Crippen LogP contribution in [0.3, 0.4) is 0 Å². The first-order valence-electron chi connectivity index (χ1n) is 7.71. The van der Waals surface area contributed by atoms with Gasteiger partial charge in [0.2, 0.25) is 0 Å². The lowest BCUT2D eigenvalue weighted by Gasteiger charge is -2.19. The van der Waals surface area contributed by atoms with Crippen molar-refractivity contribution in [2.45, 2.75) is 26.3 Å². The Morgan fingerprint density at radius 3 is 2.30 bits per heavy atom. The fraction of sp³-hybridized carbons (Fsp3) is 0.263. The maximum absolute atomic E-state index is 12.5. The number of nitrogens with zero attached hydrogens (tertiary/aromatic N) is 1. The van der Waals surface area contributed by atoms with Gasteiger partial charge >= 0.3 is 5.97 Å². The zero-order valence-corrected chi connectivity index (χ0v) is 13.2. The molecule has 0 radical (unpaired) electrons. The SMILES string of the molecule is CC(C)[C@H](C(=O)O)c1ccc(N2Cc3ccccc3C2=O)cc1. The Morgan fingerprint density at radius 1 is 1.09 bits per heavy atom. The van der Waals surface area contributed by atoms with Crippen LogP contribution in [0.5, 0.6) is 0 Å². The fourth-order valence-corrected chi connectivity index (χ4v) is 3.14. The van der Waals surface area contributed by atoms with Gasteiger partial charge < -0.3 is 10.0 Å².